The summed E-state index contributed by atoms with van der Waals surface area (Å²) in [5, 5.41) is 40.6. The van der Waals surface area contributed by atoms with E-state index in [1.165, 1.54) is 103 Å². The molecule has 0 aromatic heterocycles. The van der Waals surface area contributed by atoms with Crippen LogP contribution in [0.5, 0.6) is 0 Å². The summed E-state index contributed by atoms with van der Waals surface area (Å²) in [6.07, 6.45) is 37.4. The average molecular weight is 1340 g/mol. The lowest BCUT2D eigenvalue weighted by Crippen LogP contribution is -2.51. The van der Waals surface area contributed by atoms with Gasteiger partial charge in [-0.25, -0.2) is 0 Å². The van der Waals surface area contributed by atoms with Crippen LogP contribution in [0.25, 0.3) is 0 Å². The van der Waals surface area contributed by atoms with Gasteiger partial charge in [-0.15, -0.1) is 0 Å². The lowest BCUT2D eigenvalue weighted by molar-refractivity contribution is -0.129. The van der Waals surface area contributed by atoms with E-state index in [0.29, 0.717) is 86.2 Å². The smallest absolute Gasteiger partial charge is 0.133 e. The van der Waals surface area contributed by atoms with E-state index in [-0.39, 0.29) is 63.8 Å². The Morgan fingerprint density at radius 3 is 1.00 bits per heavy atom. The van der Waals surface area contributed by atoms with Crippen LogP contribution in [-0.2, 0) is 19.2 Å². The van der Waals surface area contributed by atoms with E-state index in [9.17, 15) is 39.6 Å². The fraction of sp³-hybridized carbons (Fsp3) is 0.865. The average Bonchev–Trinajstić information content (AvgIpc) is 1.69. The molecule has 0 heterocycles. The van der Waals surface area contributed by atoms with Crippen molar-refractivity contribution in [2.75, 3.05) is 0 Å². The van der Waals surface area contributed by atoms with Gasteiger partial charge in [0.1, 0.15) is 23.1 Å². The molecular formula is C89H138O8. The van der Waals surface area contributed by atoms with Crippen LogP contribution < -0.4 is 0 Å². The number of Topliss-reactive ketones (excluding diaryl/α,β-unsaturated/α-hetero) is 4. The van der Waals surface area contributed by atoms with Crippen molar-refractivity contribution >= 4 is 23.1 Å². The van der Waals surface area contributed by atoms with Crippen molar-refractivity contribution in [1.29, 1.82) is 0 Å². The van der Waals surface area contributed by atoms with E-state index in [4.69, 9.17) is 0 Å². The second-order valence-corrected chi connectivity index (χ2v) is 40.4. The molecule has 16 aliphatic carbocycles. The van der Waals surface area contributed by atoms with E-state index in [1.54, 1.807) is 33.4 Å². The highest BCUT2D eigenvalue weighted by Crippen LogP contribution is 2.73. The Labute approximate surface area is 589 Å². The van der Waals surface area contributed by atoms with Crippen molar-refractivity contribution in [3.05, 3.63) is 45.6 Å². The number of aliphatic hydroxyl groups excluding tert-OH is 4. The predicted molar refractivity (Wildman–Crippen MR) is 390 cm³/mol. The van der Waals surface area contributed by atoms with Crippen molar-refractivity contribution in [2.24, 2.45) is 156 Å². The molecule has 0 amide bonds. The van der Waals surface area contributed by atoms with Crippen LogP contribution in [0.15, 0.2) is 45.6 Å². The van der Waals surface area contributed by atoms with Crippen molar-refractivity contribution < 1.29 is 39.6 Å². The topological polar surface area (TPSA) is 149 Å². The van der Waals surface area contributed by atoms with Crippen molar-refractivity contribution in [1.82, 2.24) is 0 Å². The quantitative estimate of drug-likeness (QED) is 0.203. The van der Waals surface area contributed by atoms with Crippen LogP contribution in [0.4, 0.5) is 0 Å². The molecule has 0 saturated heterocycles. The zero-order valence-corrected chi connectivity index (χ0v) is 64.4. The van der Waals surface area contributed by atoms with Gasteiger partial charge < -0.3 is 20.4 Å². The molecular weight excluding hydrogens is 1200 g/mol. The fourth-order valence-corrected chi connectivity index (χ4v) is 31.8. The van der Waals surface area contributed by atoms with Gasteiger partial charge >= 0.3 is 0 Å². The van der Waals surface area contributed by atoms with Crippen molar-refractivity contribution in [2.45, 2.75) is 328 Å². The maximum atomic E-state index is 12.4. The Kier molecular flexibility index (Phi) is 19.5. The van der Waals surface area contributed by atoms with Gasteiger partial charge in [0.25, 0.3) is 0 Å². The fourth-order valence-electron chi connectivity index (χ4n) is 31.8. The molecule has 12 unspecified atom stereocenters. The number of aliphatic hydroxyl groups is 4. The molecule has 4 N–H and O–H groups in total. The number of ketones is 4. The van der Waals surface area contributed by atoms with E-state index in [1.807, 2.05) is 27.7 Å². The summed E-state index contributed by atoms with van der Waals surface area (Å²) >= 11 is 0. The zero-order chi connectivity index (χ0) is 70.0. The van der Waals surface area contributed by atoms with Gasteiger partial charge in [-0.05, 0) is 360 Å². The van der Waals surface area contributed by atoms with Crippen LogP contribution in [-0.4, -0.2) is 68.0 Å². The Bertz CT molecular complexity index is 3100. The first-order chi connectivity index (χ1) is 45.5. The predicted octanol–water partition coefficient (Wildman–Crippen LogP) is 19.6. The van der Waals surface area contributed by atoms with Gasteiger partial charge in [0.2, 0.25) is 0 Å². The number of carbonyl (C=O) groups excluding carboxylic acids is 4. The zero-order valence-electron chi connectivity index (χ0n) is 64.4. The summed E-state index contributed by atoms with van der Waals surface area (Å²) in [6, 6.07) is 0. The summed E-state index contributed by atoms with van der Waals surface area (Å²) in [4.78, 5) is 49.4. The third-order valence-electron chi connectivity index (χ3n) is 35.9. The molecule has 12 fully saturated rings. The molecule has 97 heavy (non-hydrogen) atoms. The number of carbonyl (C=O) groups is 4. The second kappa shape index (κ2) is 26.0. The molecule has 8 nitrogen and oxygen atoms in total. The molecule has 0 aromatic rings. The van der Waals surface area contributed by atoms with Crippen LogP contribution in [0.2, 0.25) is 0 Å². The number of allylic oxidation sites excluding steroid dienone is 4. The maximum Gasteiger partial charge on any atom is 0.133 e. The molecule has 16 aliphatic rings. The van der Waals surface area contributed by atoms with Gasteiger partial charge in [-0.2, -0.15) is 0 Å². The highest BCUT2D eigenvalue weighted by molar-refractivity contribution is 5.81. The Morgan fingerprint density at radius 2 is 0.649 bits per heavy atom. The molecule has 0 bridgehead atoms. The molecule has 12 saturated carbocycles. The molecule has 0 radical (unpaired) electrons. The first kappa shape index (κ1) is 72.8. The van der Waals surface area contributed by atoms with E-state index in [0.717, 1.165) is 137 Å². The normalized spacial score (nSPS) is 52.6. The summed E-state index contributed by atoms with van der Waals surface area (Å²) in [5.41, 5.74) is 11.5. The third kappa shape index (κ3) is 11.5. The van der Waals surface area contributed by atoms with Crippen molar-refractivity contribution in [3.8, 4) is 0 Å². The Balaban J connectivity index is 0.000000117. The first-order valence-corrected chi connectivity index (χ1v) is 41.0. The highest BCUT2D eigenvalue weighted by atomic mass is 16.3. The van der Waals surface area contributed by atoms with E-state index in [2.05, 4.69) is 102 Å². The number of fused-ring (bicyclic) bond motifs is 20. The molecule has 16 rings (SSSR count). The molecule has 542 valence electrons. The number of rotatable bonds is 4. The van der Waals surface area contributed by atoms with Gasteiger partial charge in [-0.1, -0.05) is 122 Å². The van der Waals surface area contributed by atoms with Gasteiger partial charge in [0, 0.05) is 23.7 Å². The minimum Gasteiger partial charge on any atom is -0.393 e. The highest BCUT2D eigenvalue weighted by Gasteiger charge is 2.66. The van der Waals surface area contributed by atoms with Crippen LogP contribution >= 0.6 is 0 Å². The lowest BCUT2D eigenvalue weighted by atomic mass is 9.46. The monoisotopic (exact) mass is 1340 g/mol. The van der Waals surface area contributed by atoms with Crippen LogP contribution in [0, 0.1) is 156 Å². The minimum absolute atomic E-state index is 0.122. The Hall–Kier alpha value is -2.52. The maximum absolute atomic E-state index is 12.4. The number of hydrogen-bond acceptors (Lipinski definition) is 8. The first-order valence-electron chi connectivity index (χ1n) is 41.0. The summed E-state index contributed by atoms with van der Waals surface area (Å²) < 4.78 is 0. The third-order valence-corrected chi connectivity index (χ3v) is 35.9. The SMILES string of the molecule is CC(=O)[C@H]1CCC2C3CC(C)=C4C[C@@H](O)CC[C@]4(C)C3CC[C@@]21C.CC(=O)[C@H]1[C@@H](C)CC2C3CC=C4C[C@@H](O)CC[C@]4(C)C3CC[C@@]21C.CC(=O)[C@H]1[C@H](C)CC2C3CC(C)=C4C[C@@H](O)CC[C@]4(C)C3CC[C@@]21C.CC(=O)[C@H]1[C@H](C)CC2C3CC=C4C[C@@H](O)CC[C@]4(C)C3CC[C@@]21C. The summed E-state index contributed by atoms with van der Waals surface area (Å²) in [7, 11) is 0. The molecule has 0 aliphatic heterocycles. The van der Waals surface area contributed by atoms with E-state index >= 15 is 0 Å². The number of hydrogen-bond donors (Lipinski definition) is 4. The molecule has 8 heteroatoms. The second-order valence-electron chi connectivity index (χ2n) is 40.4. The van der Waals surface area contributed by atoms with Gasteiger partial charge in [0.05, 0.1) is 24.4 Å². The largest absolute Gasteiger partial charge is 0.393 e. The summed E-state index contributed by atoms with van der Waals surface area (Å²) in [5.74, 6) is 13.3. The lowest BCUT2D eigenvalue weighted by Gasteiger charge is -2.58. The van der Waals surface area contributed by atoms with Gasteiger partial charge in [-0.3, -0.25) is 19.2 Å². The Morgan fingerprint density at radius 1 is 0.340 bits per heavy atom. The molecule has 0 aromatic carbocycles. The minimum atomic E-state index is -0.128. The van der Waals surface area contributed by atoms with Crippen LogP contribution in [0.1, 0.15) is 304 Å². The van der Waals surface area contributed by atoms with Crippen molar-refractivity contribution in [3.63, 3.8) is 0 Å². The standard InChI is InChI=1S/C23H36O2.3C22H34O2/c1-13-10-17-18(22(4)8-6-16(25)12-19(13)22)7-9-23(5)20(17)11-14(2)21(23)15(3)24;1-13-11-16-18-6-5-17(14(2)23)21(18,3)10-8-19(16)22(4)9-7-15(24)12-20(13)22;2*1-13-11-19-17-6-5-15-12-16(24)7-9-21(15,3)18(17)8-10-22(19,4)20(13)14(2)23/h14,16-18,20-21,25H,6-12H2,1-5H3;15-19,24H,5-12H2,1-4H3;2*5,13,16-20,24H,6-12H2,1-4H3/t14-,16+,17?,18?,20?,21-,22-,23+;15-,16?,17+,18?,19?,21+,22+;13-,16+,17?,18?,19?,20-,21+,22+;13-,16-,17?,18?,19?,20+,21-,22-/m1010/s1. The molecule has 31 atom stereocenters. The molecule has 0 spiro atoms. The van der Waals surface area contributed by atoms with E-state index < -0.39 is 0 Å². The summed E-state index contributed by atoms with van der Waals surface area (Å²) in [6.45, 7) is 38.6. The van der Waals surface area contributed by atoms with Gasteiger partial charge in [0.15, 0.2) is 0 Å². The van der Waals surface area contributed by atoms with Crippen LogP contribution in [0.3, 0.4) is 0 Å².